The van der Waals surface area contributed by atoms with Gasteiger partial charge in [-0.3, -0.25) is 4.79 Å². The predicted molar refractivity (Wildman–Crippen MR) is 84.5 cm³/mol. The summed E-state index contributed by atoms with van der Waals surface area (Å²) in [7, 11) is 1.31. The maximum atomic E-state index is 8.95. The monoisotopic (exact) mass is 280 g/mol. The molecule has 0 amide bonds. The number of methoxy groups -OCH3 is 1. The molecule has 2 fully saturated rings. The summed E-state index contributed by atoms with van der Waals surface area (Å²) in [6.07, 6.45) is 16.7. The zero-order chi connectivity index (χ0) is 14.8. The smallest absolute Gasteiger partial charge is 0.292 e. The average Bonchev–Trinajstić information content (AvgIpc) is 2.50. The first-order valence-corrected chi connectivity index (χ1v) is 8.30. The van der Waals surface area contributed by atoms with E-state index in [0.717, 1.165) is 23.7 Å². The average molecular weight is 280 g/mol. The summed E-state index contributed by atoms with van der Waals surface area (Å²) < 4.78 is 3.86. The minimum Gasteiger partial charge on any atom is -0.471 e. The fraction of sp³-hybridized carbons (Fsp3) is 0.833. The first-order valence-electron chi connectivity index (χ1n) is 8.30. The normalized spacial score (nSPS) is 34.1. The van der Waals surface area contributed by atoms with E-state index in [1.54, 1.807) is 0 Å². The zero-order valence-electron chi connectivity index (χ0n) is 13.5. The number of hydrogen-bond acceptors (Lipinski definition) is 2. The van der Waals surface area contributed by atoms with E-state index in [1.807, 2.05) is 0 Å². The molecule has 0 radical (unpaired) electrons. The molecule has 0 saturated heterocycles. The molecule has 0 atom stereocenters. The molecule has 0 bridgehead atoms. The van der Waals surface area contributed by atoms with Gasteiger partial charge in [0.05, 0.1) is 7.11 Å². The first kappa shape index (κ1) is 17.3. The van der Waals surface area contributed by atoms with Crippen molar-refractivity contribution in [2.45, 2.75) is 65.2 Å². The van der Waals surface area contributed by atoms with Crippen molar-refractivity contribution in [2.75, 3.05) is 7.11 Å². The van der Waals surface area contributed by atoms with Crippen LogP contribution in [0, 0.1) is 23.7 Å². The number of rotatable bonds is 3. The minimum absolute atomic E-state index is 0.375. The highest BCUT2D eigenvalue weighted by atomic mass is 16.5. The molecule has 20 heavy (non-hydrogen) atoms. The second-order valence-electron chi connectivity index (χ2n) is 6.55. The molecule has 0 spiro atoms. The highest BCUT2D eigenvalue weighted by molar-refractivity contribution is 5.36. The lowest BCUT2D eigenvalue weighted by molar-refractivity contribution is -0.126. The van der Waals surface area contributed by atoms with Crippen molar-refractivity contribution in [3.05, 3.63) is 12.2 Å². The standard InChI is InChI=1S/C16H28.C2H4O2/c1-3-4-14-7-11-16(12-8-14)15-9-5-13(2)6-10-15;1-4-2-3/h3-4,13-16H,5-12H2,1-2H3;2H,1H3/b4-3+;. The molecule has 0 aromatic heterocycles. The molecular formula is C18H32O2. The van der Waals surface area contributed by atoms with Crippen LogP contribution in [0.3, 0.4) is 0 Å². The molecule has 0 aliphatic heterocycles. The molecule has 2 aliphatic rings. The molecule has 0 aromatic carbocycles. The number of carbonyl (C=O) groups excluding carboxylic acids is 1. The van der Waals surface area contributed by atoms with E-state index in [0.29, 0.717) is 6.47 Å². The summed E-state index contributed by atoms with van der Waals surface area (Å²) in [4.78, 5) is 8.95. The second kappa shape index (κ2) is 10.0. The van der Waals surface area contributed by atoms with Crippen LogP contribution >= 0.6 is 0 Å². The van der Waals surface area contributed by atoms with Gasteiger partial charge in [0.2, 0.25) is 0 Å². The van der Waals surface area contributed by atoms with Crippen LogP contribution in [0.5, 0.6) is 0 Å². The van der Waals surface area contributed by atoms with Gasteiger partial charge in [-0.1, -0.05) is 31.9 Å². The molecule has 2 heteroatoms. The molecule has 2 nitrogen and oxygen atoms in total. The number of carbonyl (C=O) groups is 1. The van der Waals surface area contributed by atoms with Crippen molar-refractivity contribution in [1.82, 2.24) is 0 Å². The van der Waals surface area contributed by atoms with E-state index < -0.39 is 0 Å². The lowest BCUT2D eigenvalue weighted by atomic mass is 9.69. The van der Waals surface area contributed by atoms with E-state index >= 15 is 0 Å². The summed E-state index contributed by atoms with van der Waals surface area (Å²) in [5.74, 6) is 4.08. The van der Waals surface area contributed by atoms with Crippen LogP contribution in [0.4, 0.5) is 0 Å². The van der Waals surface area contributed by atoms with E-state index in [1.165, 1.54) is 58.5 Å². The summed E-state index contributed by atoms with van der Waals surface area (Å²) in [5.41, 5.74) is 0. The fourth-order valence-electron chi connectivity index (χ4n) is 3.84. The summed E-state index contributed by atoms with van der Waals surface area (Å²) in [6, 6.07) is 0. The van der Waals surface area contributed by atoms with Gasteiger partial charge in [-0.15, -0.1) is 0 Å². The number of hydrogen-bond donors (Lipinski definition) is 0. The van der Waals surface area contributed by atoms with Crippen LogP contribution in [0.25, 0.3) is 0 Å². The third kappa shape index (κ3) is 6.11. The Kier molecular flexibility index (Phi) is 8.64. The minimum atomic E-state index is 0.375. The Morgan fingerprint density at radius 1 is 0.900 bits per heavy atom. The molecule has 0 aromatic rings. The summed E-state index contributed by atoms with van der Waals surface area (Å²) >= 11 is 0. The van der Waals surface area contributed by atoms with Crippen LogP contribution < -0.4 is 0 Å². The fourth-order valence-corrected chi connectivity index (χ4v) is 3.84. The van der Waals surface area contributed by atoms with Gasteiger partial charge >= 0.3 is 0 Å². The molecule has 116 valence electrons. The van der Waals surface area contributed by atoms with Crippen LogP contribution in [0.15, 0.2) is 12.2 Å². The summed E-state index contributed by atoms with van der Waals surface area (Å²) in [6.45, 7) is 4.97. The molecule has 2 aliphatic carbocycles. The molecule has 0 N–H and O–H groups in total. The van der Waals surface area contributed by atoms with Crippen molar-refractivity contribution < 1.29 is 9.53 Å². The van der Waals surface area contributed by atoms with Crippen molar-refractivity contribution in [3.63, 3.8) is 0 Å². The maximum absolute atomic E-state index is 8.95. The topological polar surface area (TPSA) is 26.3 Å². The van der Waals surface area contributed by atoms with Gasteiger partial charge in [0.1, 0.15) is 0 Å². The number of ether oxygens (including phenoxy) is 1. The Morgan fingerprint density at radius 3 is 1.75 bits per heavy atom. The lowest BCUT2D eigenvalue weighted by Gasteiger charge is -2.36. The van der Waals surface area contributed by atoms with Gasteiger partial charge in [-0.05, 0) is 69.1 Å². The van der Waals surface area contributed by atoms with E-state index in [9.17, 15) is 0 Å². The molecule has 2 rings (SSSR count). The van der Waals surface area contributed by atoms with Crippen LogP contribution in [-0.2, 0) is 9.53 Å². The Balaban J connectivity index is 0.000000444. The van der Waals surface area contributed by atoms with Gasteiger partial charge < -0.3 is 4.74 Å². The second-order valence-corrected chi connectivity index (χ2v) is 6.55. The summed E-state index contributed by atoms with van der Waals surface area (Å²) in [5, 5.41) is 0. The largest absolute Gasteiger partial charge is 0.471 e. The maximum Gasteiger partial charge on any atom is 0.292 e. The Bertz CT molecular complexity index is 269. The van der Waals surface area contributed by atoms with E-state index in [2.05, 4.69) is 30.7 Å². The van der Waals surface area contributed by atoms with Gasteiger partial charge in [0.25, 0.3) is 6.47 Å². The Morgan fingerprint density at radius 2 is 1.35 bits per heavy atom. The Hall–Kier alpha value is -0.790. The van der Waals surface area contributed by atoms with E-state index in [-0.39, 0.29) is 0 Å². The van der Waals surface area contributed by atoms with Gasteiger partial charge in [0.15, 0.2) is 0 Å². The molecular weight excluding hydrogens is 248 g/mol. The van der Waals surface area contributed by atoms with Crippen LogP contribution in [-0.4, -0.2) is 13.6 Å². The quantitative estimate of drug-likeness (QED) is 0.538. The molecule has 0 heterocycles. The number of allylic oxidation sites excluding steroid dienone is 2. The van der Waals surface area contributed by atoms with Crippen LogP contribution in [0.2, 0.25) is 0 Å². The third-order valence-corrected chi connectivity index (χ3v) is 5.10. The van der Waals surface area contributed by atoms with Gasteiger partial charge in [-0.25, -0.2) is 0 Å². The Labute approximate surface area is 125 Å². The van der Waals surface area contributed by atoms with Crippen molar-refractivity contribution in [1.29, 1.82) is 0 Å². The van der Waals surface area contributed by atoms with Crippen molar-refractivity contribution in [3.8, 4) is 0 Å². The first-order chi connectivity index (χ1) is 9.71. The molecule has 0 unspecified atom stereocenters. The van der Waals surface area contributed by atoms with Gasteiger partial charge in [0, 0.05) is 0 Å². The van der Waals surface area contributed by atoms with E-state index in [4.69, 9.17) is 4.79 Å². The molecule has 2 saturated carbocycles. The highest BCUT2D eigenvalue weighted by Crippen LogP contribution is 2.41. The van der Waals surface area contributed by atoms with Crippen molar-refractivity contribution in [2.24, 2.45) is 23.7 Å². The SMILES string of the molecule is C/C=C/C1CCC(C2CCC(C)CC2)CC1.COC=O. The van der Waals surface area contributed by atoms with Gasteiger partial charge in [-0.2, -0.15) is 0 Å². The highest BCUT2D eigenvalue weighted by Gasteiger charge is 2.28. The van der Waals surface area contributed by atoms with Crippen molar-refractivity contribution >= 4 is 6.47 Å². The van der Waals surface area contributed by atoms with Crippen LogP contribution in [0.1, 0.15) is 65.2 Å². The third-order valence-electron chi connectivity index (χ3n) is 5.10. The lowest BCUT2D eigenvalue weighted by Crippen LogP contribution is -2.24. The predicted octanol–water partition coefficient (Wildman–Crippen LogP) is 4.98. The zero-order valence-corrected chi connectivity index (χ0v) is 13.5.